The van der Waals surface area contributed by atoms with Crippen LogP contribution in [0.25, 0.3) is 0 Å². The second-order valence-electron chi connectivity index (χ2n) is 43.7. The Morgan fingerprint density at radius 1 is 0.239 bits per heavy atom. The third-order valence-corrected chi connectivity index (χ3v) is 34.9. The topological polar surface area (TPSA) is 0 Å². The molecule has 24 fully saturated rings. The van der Waals surface area contributed by atoms with Crippen LogP contribution < -0.4 is 0 Å². The molecule has 24 rings (SSSR count). The van der Waals surface area contributed by atoms with Crippen LogP contribution in [0.15, 0.2) is 0 Å². The van der Waals surface area contributed by atoms with E-state index in [-0.39, 0.29) is 0 Å². The molecule has 9 atom stereocenters. The van der Waals surface area contributed by atoms with Crippen molar-refractivity contribution in [3.63, 3.8) is 0 Å². The van der Waals surface area contributed by atoms with Gasteiger partial charge in [0, 0.05) is 0 Å². The first-order chi connectivity index (χ1) is 43.4. The van der Waals surface area contributed by atoms with Crippen LogP contribution in [0.5, 0.6) is 0 Å². The Hall–Kier alpha value is 0. The summed E-state index contributed by atoms with van der Waals surface area (Å²) >= 11 is 0. The van der Waals surface area contributed by atoms with Gasteiger partial charge in [-0.2, -0.15) is 0 Å². The van der Waals surface area contributed by atoms with E-state index < -0.39 is 0 Å². The normalized spacial score (nSPS) is 44.8. The Kier molecular flexibility index (Phi) is 24.9. The molecule has 24 saturated carbocycles. The molecule has 0 radical (unpaired) electrons. The molecule has 0 heteroatoms. The van der Waals surface area contributed by atoms with Gasteiger partial charge in [0.1, 0.15) is 0 Å². The molecule has 0 aromatic rings. The molecule has 24 aliphatic rings. The molecule has 0 aromatic heterocycles. The fourth-order valence-corrected chi connectivity index (χ4v) is 27.6. The van der Waals surface area contributed by atoms with E-state index in [4.69, 9.17) is 0 Å². The summed E-state index contributed by atoms with van der Waals surface area (Å²) in [4.78, 5) is 0. The third-order valence-electron chi connectivity index (χ3n) is 34.9. The lowest BCUT2D eigenvalue weighted by Crippen LogP contribution is -2.45. The predicted molar refractivity (Wildman–Crippen MR) is 404 cm³/mol. The summed E-state index contributed by atoms with van der Waals surface area (Å²) < 4.78 is 0. The van der Waals surface area contributed by atoms with Gasteiger partial charge in [-0.25, -0.2) is 0 Å². The fourth-order valence-electron chi connectivity index (χ4n) is 27.6. The summed E-state index contributed by atoms with van der Waals surface area (Å²) in [6, 6.07) is 0. The van der Waals surface area contributed by atoms with Gasteiger partial charge in [-0.05, 0) is 366 Å². The summed E-state index contributed by atoms with van der Waals surface area (Å²) in [5.74, 6) is 25.8. The summed E-state index contributed by atoms with van der Waals surface area (Å²) in [5.41, 5.74) is 5.07. The zero-order valence-corrected chi connectivity index (χ0v) is 66.3. The van der Waals surface area contributed by atoms with Gasteiger partial charge in [-0.3, -0.25) is 0 Å². The number of hydrogen-bond acceptors (Lipinski definition) is 0. The highest BCUT2D eigenvalue weighted by Gasteiger charge is 2.55. The van der Waals surface area contributed by atoms with Gasteiger partial charge in [0.25, 0.3) is 0 Å². The lowest BCUT2D eigenvalue weighted by Gasteiger charge is -2.55. The van der Waals surface area contributed by atoms with Crippen LogP contribution in [0, 0.1) is 180 Å². The average molecular weight is 1270 g/mol. The van der Waals surface area contributed by atoms with Crippen LogP contribution in [0.1, 0.15) is 402 Å². The predicted octanol–water partition coefficient (Wildman–Crippen LogP) is 29.2. The lowest BCUT2D eigenvalue weighted by molar-refractivity contribution is -0.0481. The van der Waals surface area contributed by atoms with Crippen LogP contribution in [0.2, 0.25) is 0 Å². The molecule has 0 heterocycles. The minimum atomic E-state index is 0.558. The van der Waals surface area contributed by atoms with Crippen LogP contribution >= 0.6 is 0 Å². The van der Waals surface area contributed by atoms with Crippen molar-refractivity contribution in [2.24, 2.45) is 180 Å². The van der Waals surface area contributed by atoms with Crippen molar-refractivity contribution in [2.75, 3.05) is 0 Å². The van der Waals surface area contributed by atoms with E-state index in [1.165, 1.54) is 148 Å². The largest absolute Gasteiger partial charge is 0.0625 e. The van der Waals surface area contributed by atoms with Gasteiger partial charge < -0.3 is 0 Å². The Labute approximate surface area is 578 Å². The molecular weight excluding hydrogens is 1110 g/mol. The molecule has 0 saturated heterocycles. The first-order valence-electron chi connectivity index (χ1n) is 43.4. The van der Waals surface area contributed by atoms with E-state index in [9.17, 15) is 0 Å². The Morgan fingerprint density at radius 2 is 0.641 bits per heavy atom. The summed E-state index contributed by atoms with van der Waals surface area (Å²) in [6.07, 6.45) is 63.2. The summed E-state index contributed by atoms with van der Waals surface area (Å²) in [5, 5.41) is 0. The second kappa shape index (κ2) is 30.7. The van der Waals surface area contributed by atoms with Gasteiger partial charge in [-0.1, -0.05) is 216 Å². The Balaban J connectivity index is 0.000000114. The van der Waals surface area contributed by atoms with Gasteiger partial charge in [0.05, 0.1) is 0 Å². The molecular formula is C92H166. The smallest absolute Gasteiger partial charge is 0.0244 e. The SMILES string of the molecule is CC(C)(C)C12CCCC(CC1)C2.CC(C)(C)C12CCCCC(C1)C2.CC(C)C12CCC(C1)C2.CC(C)C12CCC(CC1)C2.CC(C)C12CCCC(C1)C2.CC(C)C1C2CCCC1C2.CC(C)C1CC2CC1C2.CC(C)C1CC2CCC1C2.CC(C)C1CCC2CC1C2. The van der Waals surface area contributed by atoms with Crippen LogP contribution in [0.3, 0.4) is 0 Å². The number of fused-ring (bicyclic) bond motifs is 17. The van der Waals surface area contributed by atoms with E-state index in [0.29, 0.717) is 10.8 Å². The van der Waals surface area contributed by atoms with Crippen molar-refractivity contribution >= 4 is 0 Å². The van der Waals surface area contributed by atoms with E-state index in [0.717, 1.165) is 169 Å². The molecule has 92 heavy (non-hydrogen) atoms. The van der Waals surface area contributed by atoms with E-state index in [1.807, 2.05) is 0 Å². The van der Waals surface area contributed by atoms with E-state index >= 15 is 0 Å². The Bertz CT molecular complexity index is 2110. The number of rotatable bonds is 7. The molecule has 534 valence electrons. The highest BCUT2D eigenvalue weighted by Crippen LogP contribution is 2.65. The highest BCUT2D eigenvalue weighted by molar-refractivity contribution is 5.05. The highest BCUT2D eigenvalue weighted by atomic mass is 14.6. The van der Waals surface area contributed by atoms with Crippen molar-refractivity contribution in [1.29, 1.82) is 0 Å². The molecule has 0 N–H and O–H groups in total. The molecule has 0 amide bonds. The van der Waals surface area contributed by atoms with E-state index in [2.05, 4.69) is 138 Å². The van der Waals surface area contributed by atoms with E-state index in [1.54, 1.807) is 116 Å². The molecule has 24 aliphatic carbocycles. The standard InChI is InChI=1S/2C12H22.5C10H18.2C9H16/c1-11(2,3)12-7-4-5-10(9-12)6-8-12;1-11(2,3)12-7-5-4-6-10(8-12)9-12;1-8(2)10-5-3-9(7-10)4-6-10;1-7(2)10-4-3-8-5-9(10)6-8;1-7(2)10-6-8-3-4-9(10)5-8;1-8(2)10-5-3-4-9(6-10)7-10;1-7(2)10-8-4-3-5-9(10)6-8;1-6(2)9-5-7-3-8(9)4-7;1-7(2)9-4-3-8(5-9)6-9/h2*10H,4-9H2,1-3H3;8-9H,3-7H2,1-2H3;2*7-10H,3-6H2,1-2H3;8-9H,3-7H2,1-2H3;7-10H,3-6H2,1-2H3;6-9H,3-5H2,1-2H3;7-8H,3-6H2,1-2H3. The molecule has 0 aliphatic heterocycles. The zero-order valence-electron chi connectivity index (χ0n) is 66.3. The zero-order chi connectivity index (χ0) is 66.3. The average Bonchev–Trinajstić information content (AvgIpc) is 1.11. The van der Waals surface area contributed by atoms with Crippen molar-refractivity contribution in [1.82, 2.24) is 0 Å². The van der Waals surface area contributed by atoms with Gasteiger partial charge in [0.2, 0.25) is 0 Å². The van der Waals surface area contributed by atoms with Crippen molar-refractivity contribution in [3.05, 3.63) is 0 Å². The minimum absolute atomic E-state index is 0.558. The van der Waals surface area contributed by atoms with Gasteiger partial charge in [-0.15, -0.1) is 0 Å². The molecule has 0 nitrogen and oxygen atoms in total. The van der Waals surface area contributed by atoms with Crippen molar-refractivity contribution in [3.8, 4) is 0 Å². The van der Waals surface area contributed by atoms with Gasteiger partial charge >= 0.3 is 0 Å². The van der Waals surface area contributed by atoms with Gasteiger partial charge in [0.15, 0.2) is 0 Å². The second-order valence-corrected chi connectivity index (χ2v) is 43.7. The Morgan fingerprint density at radius 3 is 0.989 bits per heavy atom. The third kappa shape index (κ3) is 16.8. The fraction of sp³-hybridized carbons (Fsp3) is 1.00. The van der Waals surface area contributed by atoms with Crippen molar-refractivity contribution < 1.29 is 0 Å². The molecule has 18 bridgehead atoms. The maximum absolute atomic E-state index is 2.45. The maximum atomic E-state index is 2.45. The summed E-state index contributed by atoms with van der Waals surface area (Å²) in [7, 11) is 0. The first-order valence-corrected chi connectivity index (χ1v) is 43.4. The summed E-state index contributed by atoms with van der Waals surface area (Å²) in [6.45, 7) is 48.2. The quantitative estimate of drug-likeness (QED) is 0.238. The molecule has 0 spiro atoms. The van der Waals surface area contributed by atoms with Crippen LogP contribution in [-0.2, 0) is 0 Å². The molecule has 0 aromatic carbocycles. The van der Waals surface area contributed by atoms with Crippen molar-refractivity contribution in [2.45, 2.75) is 402 Å². The first kappa shape index (κ1) is 74.7. The van der Waals surface area contributed by atoms with Crippen LogP contribution in [0.4, 0.5) is 0 Å². The lowest BCUT2D eigenvalue weighted by atomic mass is 9.50. The maximum Gasteiger partial charge on any atom is -0.0244 e. The minimum Gasteiger partial charge on any atom is -0.0625 e. The van der Waals surface area contributed by atoms with Crippen LogP contribution in [-0.4, -0.2) is 0 Å². The molecule has 9 unspecified atom stereocenters. The number of hydrogen-bond donors (Lipinski definition) is 0. The monoisotopic (exact) mass is 1270 g/mol.